The molecule has 5 rings (SSSR count). The zero-order chi connectivity index (χ0) is 24.4. The van der Waals surface area contributed by atoms with Gasteiger partial charge < -0.3 is 10.1 Å². The minimum Gasteiger partial charge on any atom is -0.482 e. The van der Waals surface area contributed by atoms with E-state index < -0.39 is 6.04 Å². The summed E-state index contributed by atoms with van der Waals surface area (Å²) < 4.78 is 6.32. The van der Waals surface area contributed by atoms with E-state index in [9.17, 15) is 14.4 Å². The van der Waals surface area contributed by atoms with Crippen molar-refractivity contribution in [1.82, 2.24) is 4.98 Å². The number of thiazole rings is 1. The Hall–Kier alpha value is -4.24. The second-order valence-corrected chi connectivity index (χ2v) is 8.99. The lowest BCUT2D eigenvalue weighted by Crippen LogP contribution is -2.50. The number of carbonyl (C=O) groups excluding carboxylic acids is 3. The Kier molecular flexibility index (Phi) is 6.15. The molecule has 2 N–H and O–H groups in total. The maximum absolute atomic E-state index is 13.2. The van der Waals surface area contributed by atoms with Crippen LogP contribution < -0.4 is 20.3 Å². The Bertz CT molecular complexity index is 1420. The van der Waals surface area contributed by atoms with Crippen LogP contribution in [0.25, 0.3) is 10.2 Å². The number of nitrogens with zero attached hydrogens (tertiary/aromatic N) is 2. The Morgan fingerprint density at radius 1 is 1.06 bits per heavy atom. The third-order valence-electron chi connectivity index (χ3n) is 5.66. The van der Waals surface area contributed by atoms with Crippen molar-refractivity contribution in [2.45, 2.75) is 19.4 Å². The summed E-state index contributed by atoms with van der Waals surface area (Å²) in [5.41, 5.74) is 2.42. The van der Waals surface area contributed by atoms with Crippen LogP contribution in [0.1, 0.15) is 23.7 Å². The number of benzene rings is 3. The van der Waals surface area contributed by atoms with Crippen LogP contribution in [0.5, 0.6) is 5.75 Å². The molecule has 0 bridgehead atoms. The molecule has 1 atom stereocenters. The first-order valence-electron chi connectivity index (χ1n) is 11.1. The average molecular weight is 487 g/mol. The highest BCUT2D eigenvalue weighted by molar-refractivity contribution is 7.22. The highest BCUT2D eigenvalue weighted by Crippen LogP contribution is 2.34. The van der Waals surface area contributed by atoms with E-state index >= 15 is 0 Å². The van der Waals surface area contributed by atoms with Gasteiger partial charge in [-0.25, -0.2) is 4.98 Å². The summed E-state index contributed by atoms with van der Waals surface area (Å²) in [6.07, 6.45) is 0.435. The number of rotatable bonds is 6. The van der Waals surface area contributed by atoms with Gasteiger partial charge in [0.25, 0.3) is 11.8 Å². The third-order valence-corrected chi connectivity index (χ3v) is 6.59. The van der Waals surface area contributed by atoms with Crippen molar-refractivity contribution in [2.24, 2.45) is 0 Å². The SMILES string of the molecule is CC[C@H](C(=O)Nc1ccc2nc(NC(=O)c3ccccc3)sc2c1)N1C(=O)COc2ccccc21. The summed E-state index contributed by atoms with van der Waals surface area (Å²) >= 11 is 1.32. The molecule has 8 nitrogen and oxygen atoms in total. The smallest absolute Gasteiger partial charge is 0.265 e. The minimum atomic E-state index is -0.689. The van der Waals surface area contributed by atoms with Gasteiger partial charge >= 0.3 is 0 Å². The van der Waals surface area contributed by atoms with Gasteiger partial charge in [-0.15, -0.1) is 0 Å². The van der Waals surface area contributed by atoms with Gasteiger partial charge in [0, 0.05) is 11.3 Å². The molecule has 1 aromatic heterocycles. The molecular formula is C26H22N4O4S. The van der Waals surface area contributed by atoms with Gasteiger partial charge in [0.1, 0.15) is 11.8 Å². The zero-order valence-electron chi connectivity index (χ0n) is 18.9. The van der Waals surface area contributed by atoms with Crippen molar-refractivity contribution in [1.29, 1.82) is 0 Å². The molecule has 1 aliphatic rings. The molecule has 0 fully saturated rings. The quantitative estimate of drug-likeness (QED) is 0.412. The fourth-order valence-corrected chi connectivity index (χ4v) is 4.89. The molecule has 0 aliphatic carbocycles. The topological polar surface area (TPSA) is 101 Å². The van der Waals surface area contributed by atoms with E-state index in [1.807, 2.05) is 31.2 Å². The predicted molar refractivity (Wildman–Crippen MR) is 136 cm³/mol. The second kappa shape index (κ2) is 9.55. The fraction of sp³-hybridized carbons (Fsp3) is 0.154. The maximum Gasteiger partial charge on any atom is 0.265 e. The number of nitrogens with one attached hydrogen (secondary N) is 2. The number of para-hydroxylation sites is 2. The Morgan fingerprint density at radius 2 is 1.83 bits per heavy atom. The van der Waals surface area contributed by atoms with Crippen LogP contribution in [0.3, 0.4) is 0 Å². The number of ether oxygens (including phenoxy) is 1. The molecule has 0 unspecified atom stereocenters. The number of hydrogen-bond acceptors (Lipinski definition) is 6. The zero-order valence-corrected chi connectivity index (χ0v) is 19.7. The van der Waals surface area contributed by atoms with Crippen LogP contribution in [0, 0.1) is 0 Å². The fourth-order valence-electron chi connectivity index (χ4n) is 3.99. The van der Waals surface area contributed by atoms with E-state index in [-0.39, 0.29) is 24.3 Å². The number of amides is 3. The molecule has 3 aromatic carbocycles. The molecule has 9 heteroatoms. The summed E-state index contributed by atoms with van der Waals surface area (Å²) in [6, 6.07) is 20.8. The van der Waals surface area contributed by atoms with Crippen molar-refractivity contribution in [3.8, 4) is 5.75 Å². The van der Waals surface area contributed by atoms with E-state index in [0.29, 0.717) is 39.8 Å². The van der Waals surface area contributed by atoms with Crippen molar-refractivity contribution < 1.29 is 19.1 Å². The summed E-state index contributed by atoms with van der Waals surface area (Å²) in [5.74, 6) is -0.213. The average Bonchev–Trinajstić information content (AvgIpc) is 3.27. The Morgan fingerprint density at radius 3 is 2.63 bits per heavy atom. The minimum absolute atomic E-state index is 0.106. The van der Waals surface area contributed by atoms with E-state index in [1.54, 1.807) is 48.5 Å². The number of anilines is 3. The Labute approximate surface area is 205 Å². The number of fused-ring (bicyclic) bond motifs is 2. The van der Waals surface area contributed by atoms with Gasteiger partial charge in [-0.2, -0.15) is 0 Å². The molecule has 35 heavy (non-hydrogen) atoms. The standard InChI is InChI=1S/C26H22N4O4S/c1-2-19(30-20-10-6-7-11-21(20)34-15-23(30)31)25(33)27-17-12-13-18-22(14-17)35-26(28-18)29-24(32)16-8-4-3-5-9-16/h3-14,19H,2,15H2,1H3,(H,27,33)(H,28,29,32)/t19-/m1/s1. The number of carbonyl (C=O) groups is 3. The van der Waals surface area contributed by atoms with Crippen molar-refractivity contribution in [3.05, 3.63) is 78.4 Å². The monoisotopic (exact) mass is 486 g/mol. The highest BCUT2D eigenvalue weighted by Gasteiger charge is 2.34. The Balaban J connectivity index is 1.34. The highest BCUT2D eigenvalue weighted by atomic mass is 32.1. The number of hydrogen-bond donors (Lipinski definition) is 2. The predicted octanol–water partition coefficient (Wildman–Crippen LogP) is 4.69. The van der Waals surface area contributed by atoms with E-state index in [2.05, 4.69) is 15.6 Å². The first-order valence-corrected chi connectivity index (χ1v) is 12.0. The van der Waals surface area contributed by atoms with E-state index in [0.717, 1.165) is 4.70 Å². The van der Waals surface area contributed by atoms with Crippen molar-refractivity contribution in [2.75, 3.05) is 22.1 Å². The maximum atomic E-state index is 13.2. The van der Waals surface area contributed by atoms with Gasteiger partial charge in [0.05, 0.1) is 15.9 Å². The lowest BCUT2D eigenvalue weighted by Gasteiger charge is -2.34. The normalized spacial score (nSPS) is 13.6. The largest absolute Gasteiger partial charge is 0.482 e. The molecule has 0 saturated heterocycles. The molecule has 4 aromatic rings. The molecule has 3 amide bonds. The van der Waals surface area contributed by atoms with Gasteiger partial charge in [0.2, 0.25) is 5.91 Å². The molecular weight excluding hydrogens is 464 g/mol. The molecule has 1 aliphatic heterocycles. The van der Waals surface area contributed by atoms with Gasteiger partial charge in [-0.3, -0.25) is 24.6 Å². The van der Waals surface area contributed by atoms with Crippen LogP contribution in [0.2, 0.25) is 0 Å². The summed E-state index contributed by atoms with van der Waals surface area (Å²) in [6.45, 7) is 1.76. The summed E-state index contributed by atoms with van der Waals surface area (Å²) in [7, 11) is 0. The summed E-state index contributed by atoms with van der Waals surface area (Å²) in [4.78, 5) is 44.3. The van der Waals surface area contributed by atoms with Crippen LogP contribution in [-0.4, -0.2) is 35.4 Å². The van der Waals surface area contributed by atoms with E-state index in [1.165, 1.54) is 16.2 Å². The molecule has 0 radical (unpaired) electrons. The molecule has 2 heterocycles. The van der Waals surface area contributed by atoms with Gasteiger partial charge in [-0.1, -0.05) is 48.6 Å². The van der Waals surface area contributed by atoms with Crippen molar-refractivity contribution >= 4 is 55.8 Å². The van der Waals surface area contributed by atoms with Crippen molar-refractivity contribution in [3.63, 3.8) is 0 Å². The van der Waals surface area contributed by atoms with E-state index in [4.69, 9.17) is 4.74 Å². The number of aromatic nitrogens is 1. The van der Waals surface area contributed by atoms with Crippen LogP contribution in [0.4, 0.5) is 16.5 Å². The molecule has 0 saturated carbocycles. The summed E-state index contributed by atoms with van der Waals surface area (Å²) in [5, 5.41) is 6.22. The lowest BCUT2D eigenvalue weighted by molar-refractivity contribution is -0.125. The van der Waals surface area contributed by atoms with Gasteiger partial charge in [-0.05, 0) is 48.9 Å². The molecule has 0 spiro atoms. The first kappa shape index (κ1) is 22.5. The second-order valence-electron chi connectivity index (χ2n) is 7.96. The first-order chi connectivity index (χ1) is 17.0. The van der Waals surface area contributed by atoms with Gasteiger partial charge in [0.15, 0.2) is 11.7 Å². The lowest BCUT2D eigenvalue weighted by atomic mass is 10.1. The molecule has 176 valence electrons. The van der Waals surface area contributed by atoms with Crippen LogP contribution in [-0.2, 0) is 9.59 Å². The van der Waals surface area contributed by atoms with Crippen LogP contribution in [0.15, 0.2) is 72.8 Å². The third kappa shape index (κ3) is 4.58. The van der Waals surface area contributed by atoms with Crippen LogP contribution >= 0.6 is 11.3 Å².